The van der Waals surface area contributed by atoms with E-state index in [9.17, 15) is 0 Å². The molecule has 0 fully saturated rings. The Labute approximate surface area is 247 Å². The van der Waals surface area contributed by atoms with E-state index in [4.69, 9.17) is 9.97 Å². The standard InChI is InChI=1S/C37H37N5/c1-23(2)29-20-40(32-16-10-7-13-26(29)32)35-19-36(41-21-30(24(3)4)27-14-8-11-17-33(27)41)39-37(38-35)42-22-31(25(5)6)28-15-9-12-18-34(28)42/h7-25H,1-6H3. The summed E-state index contributed by atoms with van der Waals surface area (Å²) in [5.41, 5.74) is 7.34. The van der Waals surface area contributed by atoms with Crippen molar-refractivity contribution >= 4 is 32.7 Å². The molecule has 210 valence electrons. The fourth-order valence-electron chi connectivity index (χ4n) is 6.31. The van der Waals surface area contributed by atoms with Crippen LogP contribution in [0, 0.1) is 0 Å². The topological polar surface area (TPSA) is 40.6 Å². The van der Waals surface area contributed by atoms with E-state index in [-0.39, 0.29) is 0 Å². The molecule has 3 aromatic carbocycles. The molecule has 0 amide bonds. The Morgan fingerprint density at radius 1 is 0.452 bits per heavy atom. The molecule has 0 aliphatic heterocycles. The van der Waals surface area contributed by atoms with Gasteiger partial charge in [0.15, 0.2) is 0 Å². The van der Waals surface area contributed by atoms with Gasteiger partial charge in [0.1, 0.15) is 11.6 Å². The molecule has 4 heterocycles. The molecule has 5 heteroatoms. The zero-order valence-corrected chi connectivity index (χ0v) is 25.2. The first-order chi connectivity index (χ1) is 20.3. The van der Waals surface area contributed by atoms with Crippen molar-refractivity contribution in [2.75, 3.05) is 0 Å². The number of rotatable bonds is 6. The van der Waals surface area contributed by atoms with Crippen LogP contribution < -0.4 is 0 Å². The highest BCUT2D eigenvalue weighted by Gasteiger charge is 2.20. The molecule has 0 atom stereocenters. The first kappa shape index (κ1) is 26.3. The van der Waals surface area contributed by atoms with Gasteiger partial charge in [0, 0.05) is 40.8 Å². The van der Waals surface area contributed by atoms with Crippen LogP contribution in [0.25, 0.3) is 50.3 Å². The Balaban J connectivity index is 1.56. The molecule has 0 spiro atoms. The lowest BCUT2D eigenvalue weighted by Gasteiger charge is -2.13. The Morgan fingerprint density at radius 2 is 0.786 bits per heavy atom. The van der Waals surface area contributed by atoms with Crippen molar-refractivity contribution in [3.05, 3.63) is 114 Å². The van der Waals surface area contributed by atoms with Crippen LogP contribution in [-0.2, 0) is 0 Å². The first-order valence-corrected chi connectivity index (χ1v) is 15.0. The highest BCUT2D eigenvalue weighted by molar-refractivity contribution is 5.88. The quantitative estimate of drug-likeness (QED) is 0.206. The van der Waals surface area contributed by atoms with Gasteiger partial charge in [-0.05, 0) is 52.6 Å². The zero-order chi connectivity index (χ0) is 29.1. The number of fused-ring (bicyclic) bond motifs is 3. The number of hydrogen-bond acceptors (Lipinski definition) is 2. The smallest absolute Gasteiger partial charge is 0.238 e. The SMILES string of the molecule is CC(C)c1cn(-c2cc(-n3cc(C(C)C)c4ccccc43)nc(-n3cc(C(C)C)c4ccccc43)n2)c2ccccc12. The fraction of sp³-hybridized carbons (Fsp3) is 0.243. The van der Waals surface area contributed by atoms with Crippen LogP contribution in [0.3, 0.4) is 0 Å². The van der Waals surface area contributed by atoms with E-state index in [1.807, 2.05) is 0 Å². The van der Waals surface area contributed by atoms with Crippen LogP contribution in [0.15, 0.2) is 97.5 Å². The molecule has 42 heavy (non-hydrogen) atoms. The van der Waals surface area contributed by atoms with E-state index in [1.54, 1.807) is 0 Å². The van der Waals surface area contributed by atoms with Crippen LogP contribution in [0.5, 0.6) is 0 Å². The maximum atomic E-state index is 5.27. The van der Waals surface area contributed by atoms with Gasteiger partial charge >= 0.3 is 0 Å². The summed E-state index contributed by atoms with van der Waals surface area (Å²) in [5, 5.41) is 3.76. The first-order valence-electron chi connectivity index (χ1n) is 15.0. The Bertz CT molecular complexity index is 1830. The summed E-state index contributed by atoms with van der Waals surface area (Å²) >= 11 is 0. The van der Waals surface area contributed by atoms with Crippen molar-refractivity contribution in [3.63, 3.8) is 0 Å². The van der Waals surface area contributed by atoms with Gasteiger partial charge in [-0.25, -0.2) is 0 Å². The molecule has 0 bridgehead atoms. The predicted octanol–water partition coefficient (Wildman–Crippen LogP) is 9.68. The molecule has 4 aromatic heterocycles. The van der Waals surface area contributed by atoms with Crippen LogP contribution >= 0.6 is 0 Å². The second-order valence-electron chi connectivity index (χ2n) is 12.3. The van der Waals surface area contributed by atoms with Gasteiger partial charge in [0.05, 0.1) is 16.6 Å². The maximum Gasteiger partial charge on any atom is 0.238 e. The summed E-state index contributed by atoms with van der Waals surface area (Å²) < 4.78 is 6.65. The summed E-state index contributed by atoms with van der Waals surface area (Å²) in [5.74, 6) is 3.53. The zero-order valence-electron chi connectivity index (χ0n) is 25.2. The van der Waals surface area contributed by atoms with Gasteiger partial charge in [0.25, 0.3) is 0 Å². The third-order valence-corrected chi connectivity index (χ3v) is 8.49. The van der Waals surface area contributed by atoms with E-state index in [0.717, 1.165) is 28.2 Å². The van der Waals surface area contributed by atoms with E-state index < -0.39 is 0 Å². The van der Waals surface area contributed by atoms with Crippen LogP contribution in [-0.4, -0.2) is 23.7 Å². The lowest BCUT2D eigenvalue weighted by molar-refractivity contribution is 0.844. The molecule has 0 N–H and O–H groups in total. The summed E-state index contributed by atoms with van der Waals surface area (Å²) in [4.78, 5) is 10.5. The summed E-state index contributed by atoms with van der Waals surface area (Å²) in [6, 6.07) is 28.0. The number of benzene rings is 3. The van der Waals surface area contributed by atoms with Crippen LogP contribution in [0.1, 0.15) is 76.0 Å². The lowest BCUT2D eigenvalue weighted by atomic mass is 10.0. The molecular formula is C37H37N5. The highest BCUT2D eigenvalue weighted by Crippen LogP contribution is 2.34. The fourth-order valence-corrected chi connectivity index (χ4v) is 6.31. The van der Waals surface area contributed by atoms with E-state index >= 15 is 0 Å². The minimum atomic E-state index is 0.378. The third-order valence-electron chi connectivity index (χ3n) is 8.49. The van der Waals surface area contributed by atoms with Crippen molar-refractivity contribution in [1.29, 1.82) is 0 Å². The average molecular weight is 552 g/mol. The van der Waals surface area contributed by atoms with Gasteiger partial charge in [-0.3, -0.25) is 4.57 Å². The molecule has 0 aliphatic carbocycles. The van der Waals surface area contributed by atoms with Crippen LogP contribution in [0.2, 0.25) is 0 Å². The molecule has 5 nitrogen and oxygen atoms in total. The molecule has 7 rings (SSSR count). The summed E-state index contributed by atoms with van der Waals surface area (Å²) in [7, 11) is 0. The molecule has 0 radical (unpaired) electrons. The van der Waals surface area contributed by atoms with E-state index in [1.165, 1.54) is 32.8 Å². The van der Waals surface area contributed by atoms with Crippen molar-refractivity contribution in [1.82, 2.24) is 23.7 Å². The second kappa shape index (κ2) is 10.0. The molecule has 0 aliphatic rings. The lowest BCUT2D eigenvalue weighted by Crippen LogP contribution is -2.09. The van der Waals surface area contributed by atoms with Gasteiger partial charge in [0.2, 0.25) is 5.95 Å². The predicted molar refractivity (Wildman–Crippen MR) is 175 cm³/mol. The Kier molecular flexibility index (Phi) is 6.27. The van der Waals surface area contributed by atoms with Crippen molar-refractivity contribution in [2.45, 2.75) is 59.3 Å². The normalized spacial score (nSPS) is 12.2. The van der Waals surface area contributed by atoms with E-state index in [2.05, 4.69) is 153 Å². The summed E-state index contributed by atoms with van der Waals surface area (Å²) in [6.45, 7) is 13.5. The Hall–Kier alpha value is -4.64. The molecule has 7 aromatic rings. The van der Waals surface area contributed by atoms with E-state index in [0.29, 0.717) is 23.7 Å². The molecular weight excluding hydrogens is 514 g/mol. The molecule has 0 saturated carbocycles. The largest absolute Gasteiger partial charge is 0.301 e. The number of nitrogens with zero attached hydrogens (tertiary/aromatic N) is 5. The van der Waals surface area contributed by atoms with Gasteiger partial charge in [-0.1, -0.05) is 96.1 Å². The Morgan fingerprint density at radius 3 is 1.17 bits per heavy atom. The number of para-hydroxylation sites is 3. The van der Waals surface area contributed by atoms with Crippen molar-refractivity contribution in [2.24, 2.45) is 0 Å². The van der Waals surface area contributed by atoms with Gasteiger partial charge in [-0.2, -0.15) is 9.97 Å². The average Bonchev–Trinajstić information content (AvgIpc) is 3.69. The second-order valence-corrected chi connectivity index (χ2v) is 12.3. The van der Waals surface area contributed by atoms with Crippen molar-refractivity contribution < 1.29 is 0 Å². The molecule has 0 saturated heterocycles. The van der Waals surface area contributed by atoms with Gasteiger partial charge in [-0.15, -0.1) is 0 Å². The monoisotopic (exact) mass is 551 g/mol. The minimum absolute atomic E-state index is 0.378. The van der Waals surface area contributed by atoms with Gasteiger partial charge < -0.3 is 9.13 Å². The van der Waals surface area contributed by atoms with Crippen LogP contribution in [0.4, 0.5) is 0 Å². The third kappa shape index (κ3) is 4.14. The van der Waals surface area contributed by atoms with Crippen molar-refractivity contribution in [3.8, 4) is 17.6 Å². The number of hydrogen-bond donors (Lipinski definition) is 0. The molecule has 0 unspecified atom stereocenters. The maximum absolute atomic E-state index is 5.27. The minimum Gasteiger partial charge on any atom is -0.301 e. The summed E-state index contributed by atoms with van der Waals surface area (Å²) in [6.07, 6.45) is 6.73. The number of aromatic nitrogens is 5. The highest BCUT2D eigenvalue weighted by atomic mass is 15.2.